The second-order valence-electron chi connectivity index (χ2n) is 11.4. The normalized spacial score (nSPS) is 12.2. The van der Waals surface area contributed by atoms with Gasteiger partial charge in [0.15, 0.2) is 52.1 Å². The molecule has 4 rings (SSSR count). The van der Waals surface area contributed by atoms with Gasteiger partial charge in [0.05, 0.1) is 35.0 Å². The van der Waals surface area contributed by atoms with E-state index >= 15 is 0 Å². The smallest absolute Gasteiger partial charge is 0.330 e. The molecule has 0 saturated carbocycles. The van der Waals surface area contributed by atoms with Gasteiger partial charge in [-0.15, -0.1) is 0 Å². The van der Waals surface area contributed by atoms with Gasteiger partial charge in [0.25, 0.3) is 0 Å². The van der Waals surface area contributed by atoms with E-state index in [0.29, 0.717) is 35.3 Å². The van der Waals surface area contributed by atoms with Crippen molar-refractivity contribution in [2.75, 3.05) is 41.7 Å². The van der Waals surface area contributed by atoms with Gasteiger partial charge >= 0.3 is 11.9 Å². The lowest BCUT2D eigenvalue weighted by Gasteiger charge is -2.25. The number of hydrogen-bond donors (Lipinski definition) is 4. The maximum atomic E-state index is 12.7. The highest BCUT2D eigenvalue weighted by atomic mass is 16.6. The largest absolute Gasteiger partial charge is 0.504 e. The maximum Gasteiger partial charge on any atom is 0.330 e. The molecular formula is C40H42O13. The van der Waals surface area contributed by atoms with Gasteiger partial charge in [-0.05, 0) is 95.8 Å². The highest BCUT2D eigenvalue weighted by Crippen LogP contribution is 2.35. The molecule has 280 valence electrons. The SMILES string of the molecule is COc1cc(/C=C\C(=O)OCCCc2ccc(OC(COC(=O)/C=C\c3ccc(O)c(OC)c3)C(O)c3ccc(O)c(OC)c3)c(OC)c2)ccc1O. The summed E-state index contributed by atoms with van der Waals surface area (Å²) in [5.41, 5.74) is 2.42. The molecule has 0 fully saturated rings. The molecule has 0 aliphatic rings. The van der Waals surface area contributed by atoms with Gasteiger partial charge in [0.1, 0.15) is 12.7 Å². The highest BCUT2D eigenvalue weighted by molar-refractivity contribution is 5.87. The third-order valence-electron chi connectivity index (χ3n) is 7.88. The van der Waals surface area contributed by atoms with E-state index in [1.165, 1.54) is 77.0 Å². The van der Waals surface area contributed by atoms with Crippen LogP contribution in [0.3, 0.4) is 0 Å². The first kappa shape index (κ1) is 39.4. The standard InChI is InChI=1S/C40H42O13/c1-47-33-20-26(7-13-29(33)41)10-17-38(44)51-19-5-6-25-9-16-32(36(22-25)50-4)53-37(40(46)28-12-15-31(43)35(23-28)49-3)24-52-39(45)18-11-27-8-14-30(42)34(21-27)48-2/h7-18,20-23,37,40-43,46H,5-6,19,24H2,1-4H3/b17-10-,18-11-. The summed E-state index contributed by atoms with van der Waals surface area (Å²) < 4.78 is 37.9. The van der Waals surface area contributed by atoms with Crippen LogP contribution in [0.25, 0.3) is 12.2 Å². The number of benzene rings is 4. The second kappa shape index (κ2) is 19.3. The zero-order valence-electron chi connectivity index (χ0n) is 29.7. The van der Waals surface area contributed by atoms with E-state index in [0.717, 1.165) is 5.56 Å². The molecule has 2 atom stereocenters. The van der Waals surface area contributed by atoms with Gasteiger partial charge in [0.2, 0.25) is 0 Å². The first-order valence-corrected chi connectivity index (χ1v) is 16.4. The second-order valence-corrected chi connectivity index (χ2v) is 11.4. The minimum Gasteiger partial charge on any atom is -0.504 e. The number of esters is 2. The van der Waals surface area contributed by atoms with E-state index < -0.39 is 24.1 Å². The average Bonchev–Trinajstić information content (AvgIpc) is 3.17. The van der Waals surface area contributed by atoms with Crippen LogP contribution >= 0.6 is 0 Å². The minimum atomic E-state index is -1.34. The first-order chi connectivity index (χ1) is 25.5. The predicted molar refractivity (Wildman–Crippen MR) is 195 cm³/mol. The molecule has 4 N–H and O–H groups in total. The molecule has 13 heteroatoms. The topological polar surface area (TPSA) is 180 Å². The number of phenols is 3. The fourth-order valence-corrected chi connectivity index (χ4v) is 5.04. The van der Waals surface area contributed by atoms with Crippen LogP contribution in [-0.4, -0.2) is 80.1 Å². The van der Waals surface area contributed by atoms with E-state index in [1.54, 1.807) is 48.5 Å². The van der Waals surface area contributed by atoms with Gasteiger partial charge in [-0.25, -0.2) is 9.59 Å². The number of rotatable bonds is 18. The van der Waals surface area contributed by atoms with Crippen molar-refractivity contribution >= 4 is 24.1 Å². The molecule has 0 bridgehead atoms. The van der Waals surface area contributed by atoms with Gasteiger partial charge < -0.3 is 53.6 Å². The number of phenolic OH excluding ortho intramolecular Hbond substituents is 3. The number of carbonyl (C=O) groups is 2. The molecule has 0 radical (unpaired) electrons. The quantitative estimate of drug-likeness (QED) is 0.0552. The van der Waals surface area contributed by atoms with Crippen molar-refractivity contribution in [3.63, 3.8) is 0 Å². The minimum absolute atomic E-state index is 0.00410. The Morgan fingerprint density at radius 3 is 1.72 bits per heavy atom. The number of aromatic hydroxyl groups is 3. The molecule has 13 nitrogen and oxygen atoms in total. The van der Waals surface area contributed by atoms with Crippen molar-refractivity contribution in [3.05, 3.63) is 107 Å². The number of aryl methyl sites for hydroxylation is 1. The van der Waals surface area contributed by atoms with Gasteiger partial charge in [-0.1, -0.05) is 24.3 Å². The lowest BCUT2D eigenvalue weighted by atomic mass is 10.0. The molecule has 0 heterocycles. The van der Waals surface area contributed by atoms with Crippen molar-refractivity contribution in [3.8, 4) is 46.0 Å². The zero-order chi connectivity index (χ0) is 38.3. The van der Waals surface area contributed by atoms with E-state index in [9.17, 15) is 30.0 Å². The van der Waals surface area contributed by atoms with Crippen LogP contribution in [0.4, 0.5) is 0 Å². The summed E-state index contributed by atoms with van der Waals surface area (Å²) in [6.45, 7) is -0.218. The summed E-state index contributed by atoms with van der Waals surface area (Å²) in [6, 6.07) is 18.8. The van der Waals surface area contributed by atoms with Crippen LogP contribution in [0, 0.1) is 0 Å². The molecule has 0 spiro atoms. The molecule has 0 aliphatic heterocycles. The molecule has 53 heavy (non-hydrogen) atoms. The Balaban J connectivity index is 1.41. The molecule has 4 aromatic carbocycles. The zero-order valence-corrected chi connectivity index (χ0v) is 29.7. The van der Waals surface area contributed by atoms with E-state index in [4.69, 9.17) is 33.2 Å². The van der Waals surface area contributed by atoms with Crippen LogP contribution in [0.1, 0.15) is 34.8 Å². The molecule has 0 aromatic heterocycles. The van der Waals surface area contributed by atoms with Gasteiger partial charge in [0, 0.05) is 12.2 Å². The first-order valence-electron chi connectivity index (χ1n) is 16.4. The van der Waals surface area contributed by atoms with Gasteiger partial charge in [-0.3, -0.25) is 0 Å². The monoisotopic (exact) mass is 730 g/mol. The third kappa shape index (κ3) is 11.3. The number of aliphatic hydroxyl groups is 1. The summed E-state index contributed by atoms with van der Waals surface area (Å²) in [4.78, 5) is 24.9. The van der Waals surface area contributed by atoms with E-state index in [-0.39, 0.29) is 53.5 Å². The van der Waals surface area contributed by atoms with E-state index in [2.05, 4.69) is 0 Å². The number of hydrogen-bond acceptors (Lipinski definition) is 13. The van der Waals surface area contributed by atoms with Crippen LogP contribution in [-0.2, 0) is 25.5 Å². The summed E-state index contributed by atoms with van der Waals surface area (Å²) >= 11 is 0. The molecule has 0 amide bonds. The third-order valence-corrected chi connectivity index (χ3v) is 7.88. The Morgan fingerprint density at radius 1 is 0.623 bits per heavy atom. The summed E-state index contributed by atoms with van der Waals surface area (Å²) in [7, 11) is 5.69. The average molecular weight is 731 g/mol. The lowest BCUT2D eigenvalue weighted by Crippen LogP contribution is -2.31. The lowest BCUT2D eigenvalue weighted by molar-refractivity contribution is -0.142. The maximum absolute atomic E-state index is 12.7. The number of carbonyl (C=O) groups excluding carboxylic acids is 2. The van der Waals surface area contributed by atoms with Crippen molar-refractivity contribution in [2.24, 2.45) is 0 Å². The molecule has 2 unspecified atom stereocenters. The van der Waals surface area contributed by atoms with Crippen LogP contribution in [0.2, 0.25) is 0 Å². The molecule has 0 aliphatic carbocycles. The Morgan fingerprint density at radius 2 is 1.15 bits per heavy atom. The van der Waals surface area contributed by atoms with E-state index in [1.807, 2.05) is 0 Å². The Kier molecular flexibility index (Phi) is 14.4. The van der Waals surface area contributed by atoms with Crippen LogP contribution in [0.15, 0.2) is 84.9 Å². The molecular weight excluding hydrogens is 688 g/mol. The molecule has 4 aromatic rings. The van der Waals surface area contributed by atoms with Gasteiger partial charge in [-0.2, -0.15) is 0 Å². The van der Waals surface area contributed by atoms with Crippen molar-refractivity contribution in [2.45, 2.75) is 25.0 Å². The van der Waals surface area contributed by atoms with Crippen molar-refractivity contribution in [1.29, 1.82) is 0 Å². The van der Waals surface area contributed by atoms with Crippen molar-refractivity contribution in [1.82, 2.24) is 0 Å². The van der Waals surface area contributed by atoms with Crippen LogP contribution in [0.5, 0.6) is 46.0 Å². The fraction of sp³-hybridized carbons (Fsp3) is 0.250. The Labute approximate surface area is 306 Å². The molecule has 0 saturated heterocycles. The Hall–Kier alpha value is -6.34. The fourth-order valence-electron chi connectivity index (χ4n) is 5.04. The summed E-state index contributed by atoms with van der Waals surface area (Å²) in [5, 5.41) is 41.0. The Bertz CT molecular complexity index is 1920. The summed E-state index contributed by atoms with van der Waals surface area (Å²) in [6.07, 6.45) is 4.10. The van der Waals surface area contributed by atoms with Crippen LogP contribution < -0.4 is 23.7 Å². The predicted octanol–water partition coefficient (Wildman–Crippen LogP) is 5.76. The number of ether oxygens (including phenoxy) is 7. The van der Waals surface area contributed by atoms with Crippen molar-refractivity contribution < 1.29 is 63.2 Å². The number of aliphatic hydroxyl groups excluding tert-OH is 1. The number of methoxy groups -OCH3 is 4. The highest BCUT2D eigenvalue weighted by Gasteiger charge is 2.27. The summed E-state index contributed by atoms with van der Waals surface area (Å²) in [5.74, 6) is -0.151.